The Balaban J connectivity index is 1.73. The van der Waals surface area contributed by atoms with Crippen LogP contribution in [0.5, 0.6) is 0 Å². The minimum Gasteiger partial charge on any atom is -0.478 e. The number of hydrogen-bond acceptors (Lipinski definition) is 7. The van der Waals surface area contributed by atoms with Gasteiger partial charge >= 0.3 is 5.97 Å². The summed E-state index contributed by atoms with van der Waals surface area (Å²) in [6.07, 6.45) is 0.594. The third-order valence-electron chi connectivity index (χ3n) is 5.61. The second-order valence-electron chi connectivity index (χ2n) is 7.21. The highest BCUT2D eigenvalue weighted by Crippen LogP contribution is 2.55. The number of anilines is 1. The molecular formula is C19H16ClN3O6S. The molecule has 0 spiro atoms. The first kappa shape index (κ1) is 20.4. The molecule has 1 fully saturated rings. The number of hydrogen-bond donors (Lipinski definition) is 2. The Labute approximate surface area is 179 Å². The minimum atomic E-state index is -1.18. The van der Waals surface area contributed by atoms with Crippen LogP contribution in [0.1, 0.15) is 28.3 Å². The molecule has 2 aliphatic rings. The molecule has 2 N–H and O–H groups in total. The first-order chi connectivity index (χ1) is 14.3. The quantitative estimate of drug-likeness (QED) is 0.387. The number of nitrogens with zero attached hydrogens (tertiary/aromatic N) is 2. The number of benzene rings is 2. The van der Waals surface area contributed by atoms with E-state index in [2.05, 4.69) is 5.32 Å². The number of alkyl halides is 1. The summed E-state index contributed by atoms with van der Waals surface area (Å²) < 4.78 is 0. The Kier molecular flexibility index (Phi) is 5.29. The largest absolute Gasteiger partial charge is 0.478 e. The van der Waals surface area contributed by atoms with Gasteiger partial charge in [0.1, 0.15) is 0 Å². The zero-order valence-electron chi connectivity index (χ0n) is 15.4. The van der Waals surface area contributed by atoms with Crippen LogP contribution in [0.15, 0.2) is 41.3 Å². The second kappa shape index (κ2) is 7.77. The van der Waals surface area contributed by atoms with Crippen LogP contribution in [-0.4, -0.2) is 38.1 Å². The number of fused-ring (bicyclic) bond motifs is 3. The number of carbonyl (C=O) groups is 1. The van der Waals surface area contributed by atoms with Gasteiger partial charge in [-0.3, -0.25) is 20.2 Å². The van der Waals surface area contributed by atoms with Crippen LogP contribution in [-0.2, 0) is 0 Å². The molecule has 2 aromatic rings. The van der Waals surface area contributed by atoms with Gasteiger partial charge in [0.15, 0.2) is 0 Å². The molecule has 0 saturated heterocycles. The monoisotopic (exact) mass is 449 g/mol. The van der Waals surface area contributed by atoms with Gasteiger partial charge in [-0.1, -0.05) is 12.1 Å². The van der Waals surface area contributed by atoms with Crippen LogP contribution >= 0.6 is 23.4 Å². The lowest BCUT2D eigenvalue weighted by molar-refractivity contribution is -0.387. The first-order valence-corrected chi connectivity index (χ1v) is 10.4. The SMILES string of the molecule is O=C(O)c1ccc([N+](=O)[O-])c2c1NC[C@@H]1C[C@H](Sc3ccccc3[N+](=O)[O-])[C@H](Cl)[C@@H]21. The lowest BCUT2D eigenvalue weighted by atomic mass is 9.82. The van der Waals surface area contributed by atoms with Crippen LogP contribution in [0.3, 0.4) is 0 Å². The lowest BCUT2D eigenvalue weighted by Crippen LogP contribution is -2.29. The highest BCUT2D eigenvalue weighted by Gasteiger charge is 2.49. The molecule has 2 aromatic carbocycles. The van der Waals surface area contributed by atoms with E-state index in [0.29, 0.717) is 23.4 Å². The fourth-order valence-corrected chi connectivity index (χ4v) is 6.34. The van der Waals surface area contributed by atoms with Gasteiger partial charge in [-0.15, -0.1) is 23.4 Å². The third-order valence-corrected chi connectivity index (χ3v) is 7.72. The van der Waals surface area contributed by atoms with Crippen LogP contribution in [0.4, 0.5) is 17.1 Å². The zero-order valence-corrected chi connectivity index (χ0v) is 16.9. The number of halogens is 1. The fourth-order valence-electron chi connectivity index (χ4n) is 4.36. The number of thioether (sulfide) groups is 1. The molecule has 0 radical (unpaired) electrons. The summed E-state index contributed by atoms with van der Waals surface area (Å²) in [5.41, 5.74) is 0.326. The third kappa shape index (κ3) is 3.35. The van der Waals surface area contributed by atoms with Gasteiger partial charge in [-0.25, -0.2) is 4.79 Å². The molecule has 1 saturated carbocycles. The molecule has 30 heavy (non-hydrogen) atoms. The van der Waals surface area contributed by atoms with E-state index in [-0.39, 0.29) is 33.8 Å². The van der Waals surface area contributed by atoms with Gasteiger partial charge < -0.3 is 10.4 Å². The molecule has 1 aliphatic heterocycles. The summed E-state index contributed by atoms with van der Waals surface area (Å²) in [6.45, 7) is 0.427. The normalized spacial score (nSPS) is 24.4. The molecule has 0 aromatic heterocycles. The van der Waals surface area contributed by atoms with E-state index in [4.69, 9.17) is 11.6 Å². The van der Waals surface area contributed by atoms with Crippen LogP contribution in [0.25, 0.3) is 0 Å². The maximum atomic E-state index is 11.6. The number of aromatic carboxylic acids is 1. The standard InChI is InChI=1S/C19H16ClN3O6S/c20-17-14(30-13-4-2-1-3-11(13)22(26)27)7-9-8-21-18-10(19(24)25)5-6-12(23(28)29)16(18)15(9)17/h1-6,9,14-15,17,21H,7-8H2,(H,24,25)/t9-,14-,15+,17-/m0/s1. The van der Waals surface area contributed by atoms with Gasteiger partial charge in [0.25, 0.3) is 11.4 Å². The van der Waals surface area contributed by atoms with Crippen molar-refractivity contribution in [2.45, 2.75) is 27.9 Å². The van der Waals surface area contributed by atoms with Gasteiger partial charge in [-0.2, -0.15) is 0 Å². The van der Waals surface area contributed by atoms with Crippen molar-refractivity contribution in [3.63, 3.8) is 0 Å². The van der Waals surface area contributed by atoms with Crippen molar-refractivity contribution in [3.8, 4) is 0 Å². The first-order valence-electron chi connectivity index (χ1n) is 9.12. The Morgan fingerprint density at radius 1 is 1.13 bits per heavy atom. The average molecular weight is 450 g/mol. The van der Waals surface area contributed by atoms with Gasteiger partial charge in [0.2, 0.25) is 0 Å². The predicted octanol–water partition coefficient (Wildman–Crippen LogP) is 4.50. The molecule has 1 heterocycles. The van der Waals surface area contributed by atoms with Crippen molar-refractivity contribution < 1.29 is 19.7 Å². The van der Waals surface area contributed by atoms with E-state index < -0.39 is 27.1 Å². The highest BCUT2D eigenvalue weighted by atomic mass is 35.5. The summed E-state index contributed by atoms with van der Waals surface area (Å²) in [7, 11) is 0. The fraction of sp³-hybridized carbons (Fsp3) is 0.316. The highest BCUT2D eigenvalue weighted by molar-refractivity contribution is 8.00. The number of carboxylic acid groups (broad SMARTS) is 1. The smallest absolute Gasteiger partial charge is 0.337 e. The van der Waals surface area contributed by atoms with Crippen LogP contribution < -0.4 is 5.32 Å². The van der Waals surface area contributed by atoms with E-state index in [1.165, 1.54) is 30.0 Å². The van der Waals surface area contributed by atoms with Gasteiger partial charge in [0.05, 0.1) is 36.9 Å². The maximum absolute atomic E-state index is 11.6. The van der Waals surface area contributed by atoms with Crippen LogP contribution in [0, 0.1) is 26.1 Å². The Hall–Kier alpha value is -2.85. The lowest BCUT2D eigenvalue weighted by Gasteiger charge is -2.31. The van der Waals surface area contributed by atoms with E-state index in [9.17, 15) is 30.1 Å². The van der Waals surface area contributed by atoms with Gasteiger partial charge in [-0.05, 0) is 24.5 Å². The molecule has 156 valence electrons. The molecule has 0 unspecified atom stereocenters. The topological polar surface area (TPSA) is 136 Å². The summed E-state index contributed by atoms with van der Waals surface area (Å²) in [4.78, 5) is 34.1. The van der Waals surface area contributed by atoms with Crippen molar-refractivity contribution in [2.75, 3.05) is 11.9 Å². The van der Waals surface area contributed by atoms with Crippen molar-refractivity contribution >= 4 is 46.4 Å². The number of nitro benzene ring substituents is 2. The van der Waals surface area contributed by atoms with Crippen LogP contribution in [0.2, 0.25) is 0 Å². The molecule has 0 bridgehead atoms. The number of nitrogens with one attached hydrogen (secondary N) is 1. The predicted molar refractivity (Wildman–Crippen MR) is 112 cm³/mol. The summed E-state index contributed by atoms with van der Waals surface area (Å²) in [5.74, 6) is -1.66. The average Bonchev–Trinajstić information content (AvgIpc) is 3.02. The molecule has 9 nitrogen and oxygen atoms in total. The Bertz CT molecular complexity index is 1060. The van der Waals surface area contributed by atoms with Crippen molar-refractivity contribution in [1.29, 1.82) is 0 Å². The number of nitro groups is 2. The molecule has 0 amide bonds. The maximum Gasteiger partial charge on any atom is 0.337 e. The van der Waals surface area contributed by atoms with E-state index in [1.807, 2.05) is 0 Å². The number of rotatable bonds is 5. The van der Waals surface area contributed by atoms with Crippen molar-refractivity contribution in [2.24, 2.45) is 5.92 Å². The Morgan fingerprint density at radius 3 is 2.50 bits per heavy atom. The Morgan fingerprint density at radius 2 is 1.83 bits per heavy atom. The van der Waals surface area contributed by atoms with E-state index in [1.54, 1.807) is 18.2 Å². The number of para-hydroxylation sites is 1. The molecule has 4 atom stereocenters. The second-order valence-corrected chi connectivity index (χ2v) is 9.00. The molecule has 11 heteroatoms. The summed E-state index contributed by atoms with van der Waals surface area (Å²) >= 11 is 8.07. The molecular weight excluding hydrogens is 434 g/mol. The molecule has 4 rings (SSSR count). The van der Waals surface area contributed by atoms with E-state index in [0.717, 1.165) is 0 Å². The molecule has 1 aliphatic carbocycles. The van der Waals surface area contributed by atoms with Crippen molar-refractivity contribution in [3.05, 3.63) is 67.8 Å². The zero-order chi connectivity index (χ0) is 21.6. The van der Waals surface area contributed by atoms with Gasteiger partial charge in [0, 0.05) is 29.8 Å². The van der Waals surface area contributed by atoms with E-state index >= 15 is 0 Å². The summed E-state index contributed by atoms with van der Waals surface area (Å²) in [6, 6.07) is 8.82. The summed E-state index contributed by atoms with van der Waals surface area (Å²) in [5, 5.41) is 34.8. The van der Waals surface area contributed by atoms with Crippen molar-refractivity contribution in [1.82, 2.24) is 0 Å². The minimum absolute atomic E-state index is 0.0149. The number of carboxylic acids is 1.